The summed E-state index contributed by atoms with van der Waals surface area (Å²) in [7, 11) is 1.43. The Kier molecular flexibility index (Phi) is 5.17. The van der Waals surface area contributed by atoms with Gasteiger partial charge in [0.2, 0.25) is 0 Å². The fourth-order valence-electron chi connectivity index (χ4n) is 2.31. The molecule has 1 amide bonds. The van der Waals surface area contributed by atoms with E-state index in [1.165, 1.54) is 31.4 Å². The molecule has 0 heterocycles. The van der Waals surface area contributed by atoms with Gasteiger partial charge in [0.05, 0.1) is 4.90 Å². The van der Waals surface area contributed by atoms with E-state index in [9.17, 15) is 13.2 Å². The van der Waals surface area contributed by atoms with Crippen molar-refractivity contribution in [2.45, 2.75) is 37.5 Å². The largest absolute Gasteiger partial charge is 0.352 e. The van der Waals surface area contributed by atoms with Crippen molar-refractivity contribution < 1.29 is 13.2 Å². The first-order chi connectivity index (χ1) is 9.79. The minimum absolute atomic E-state index is 0.124. The van der Waals surface area contributed by atoms with Crippen LogP contribution in [0.4, 0.5) is 0 Å². The zero-order chi connectivity index (χ0) is 15.6. The van der Waals surface area contributed by atoms with Gasteiger partial charge in [0.15, 0.2) is 0 Å². The Balaban J connectivity index is 2.11. The number of hydrogen-bond donors (Lipinski definition) is 1. The molecule has 1 N–H and O–H groups in total. The van der Waals surface area contributed by atoms with Crippen LogP contribution in [0.25, 0.3) is 0 Å². The van der Waals surface area contributed by atoms with Crippen LogP contribution in [0.15, 0.2) is 17.0 Å². The SMILES string of the molecule is Cc1c(Cl)cc(C(=O)NCCC2CCC2)cc1S(=O)(=O)Cl. The summed E-state index contributed by atoms with van der Waals surface area (Å²) in [6.07, 6.45) is 4.66. The summed E-state index contributed by atoms with van der Waals surface area (Å²) >= 11 is 5.98. The van der Waals surface area contributed by atoms with Crippen molar-refractivity contribution in [3.05, 3.63) is 28.3 Å². The highest BCUT2D eigenvalue weighted by Gasteiger charge is 2.20. The van der Waals surface area contributed by atoms with Gasteiger partial charge in [-0.25, -0.2) is 8.42 Å². The number of hydrogen-bond acceptors (Lipinski definition) is 3. The van der Waals surface area contributed by atoms with Gasteiger partial charge in [-0.05, 0) is 37.0 Å². The monoisotopic (exact) mass is 349 g/mol. The van der Waals surface area contributed by atoms with Crippen molar-refractivity contribution in [3.8, 4) is 0 Å². The van der Waals surface area contributed by atoms with E-state index in [-0.39, 0.29) is 21.4 Å². The van der Waals surface area contributed by atoms with Crippen LogP contribution in [0.1, 0.15) is 41.6 Å². The Morgan fingerprint density at radius 2 is 2.05 bits per heavy atom. The number of rotatable bonds is 5. The number of carbonyl (C=O) groups is 1. The predicted octanol–water partition coefficient (Wildman–Crippen LogP) is 3.50. The topological polar surface area (TPSA) is 63.2 Å². The Morgan fingerprint density at radius 3 is 2.57 bits per heavy atom. The van der Waals surface area contributed by atoms with E-state index < -0.39 is 9.05 Å². The molecule has 7 heteroatoms. The number of nitrogens with one attached hydrogen (secondary N) is 1. The second-order valence-corrected chi connectivity index (χ2v) is 8.30. The molecule has 0 saturated heterocycles. The molecule has 4 nitrogen and oxygen atoms in total. The molecule has 1 aliphatic carbocycles. The smallest absolute Gasteiger partial charge is 0.261 e. The van der Waals surface area contributed by atoms with Gasteiger partial charge in [-0.15, -0.1) is 0 Å². The van der Waals surface area contributed by atoms with Gasteiger partial charge in [0, 0.05) is 27.8 Å². The molecule has 0 aliphatic heterocycles. The maximum absolute atomic E-state index is 12.1. The number of amides is 1. The molecular formula is C14H17Cl2NO3S. The van der Waals surface area contributed by atoms with Crippen LogP contribution in [-0.2, 0) is 9.05 Å². The van der Waals surface area contributed by atoms with E-state index in [1.54, 1.807) is 6.92 Å². The third-order valence-corrected chi connectivity index (χ3v) is 5.73. The average Bonchev–Trinajstić information content (AvgIpc) is 2.33. The van der Waals surface area contributed by atoms with E-state index >= 15 is 0 Å². The van der Waals surface area contributed by atoms with E-state index in [4.69, 9.17) is 22.3 Å². The molecule has 0 aromatic heterocycles. The molecule has 0 unspecified atom stereocenters. The van der Waals surface area contributed by atoms with Gasteiger partial charge in [0.1, 0.15) is 0 Å². The lowest BCUT2D eigenvalue weighted by Gasteiger charge is -2.25. The molecule has 1 saturated carbocycles. The highest BCUT2D eigenvalue weighted by Crippen LogP contribution is 2.29. The number of benzene rings is 1. The lowest BCUT2D eigenvalue weighted by molar-refractivity contribution is 0.0948. The van der Waals surface area contributed by atoms with Gasteiger partial charge in [0.25, 0.3) is 15.0 Å². The molecular weight excluding hydrogens is 333 g/mol. The highest BCUT2D eigenvalue weighted by molar-refractivity contribution is 8.13. The van der Waals surface area contributed by atoms with Crippen molar-refractivity contribution in [1.82, 2.24) is 5.32 Å². The van der Waals surface area contributed by atoms with E-state index in [0.717, 1.165) is 6.42 Å². The molecule has 1 aromatic carbocycles. The van der Waals surface area contributed by atoms with Gasteiger partial charge in [-0.3, -0.25) is 4.79 Å². The third-order valence-electron chi connectivity index (χ3n) is 3.88. The summed E-state index contributed by atoms with van der Waals surface area (Å²) < 4.78 is 23.0. The maximum atomic E-state index is 12.1. The van der Waals surface area contributed by atoms with Crippen LogP contribution in [-0.4, -0.2) is 20.9 Å². The maximum Gasteiger partial charge on any atom is 0.261 e. The van der Waals surface area contributed by atoms with Gasteiger partial charge < -0.3 is 5.32 Å². The summed E-state index contributed by atoms with van der Waals surface area (Å²) in [6, 6.07) is 2.73. The van der Waals surface area contributed by atoms with Crippen LogP contribution in [0, 0.1) is 12.8 Å². The first kappa shape index (κ1) is 16.6. The first-order valence-corrected chi connectivity index (χ1v) is 9.51. The molecule has 1 aromatic rings. The van der Waals surface area contributed by atoms with Crippen molar-refractivity contribution >= 4 is 37.2 Å². The van der Waals surface area contributed by atoms with Crippen molar-refractivity contribution in [3.63, 3.8) is 0 Å². The average molecular weight is 350 g/mol. The molecule has 0 radical (unpaired) electrons. The van der Waals surface area contributed by atoms with Crippen LogP contribution in [0.5, 0.6) is 0 Å². The summed E-state index contributed by atoms with van der Waals surface area (Å²) in [5.74, 6) is 0.364. The number of carbonyl (C=O) groups excluding carboxylic acids is 1. The lowest BCUT2D eigenvalue weighted by Crippen LogP contribution is -2.27. The van der Waals surface area contributed by atoms with Gasteiger partial charge >= 0.3 is 0 Å². The van der Waals surface area contributed by atoms with Crippen LogP contribution in [0.3, 0.4) is 0 Å². The van der Waals surface area contributed by atoms with Gasteiger partial charge in [-0.2, -0.15) is 0 Å². The summed E-state index contributed by atoms with van der Waals surface area (Å²) in [6.45, 7) is 2.13. The van der Waals surface area contributed by atoms with Crippen LogP contribution in [0.2, 0.25) is 5.02 Å². The zero-order valence-electron chi connectivity index (χ0n) is 11.7. The Hall–Kier alpha value is -0.780. The molecule has 2 rings (SSSR count). The standard InChI is InChI=1S/C14H17Cl2NO3S/c1-9-12(15)7-11(8-13(9)21(16,19)20)14(18)17-6-5-10-3-2-4-10/h7-8,10H,2-6H2,1H3,(H,17,18). The molecule has 1 fully saturated rings. The second-order valence-electron chi connectivity index (χ2n) is 5.36. The molecule has 116 valence electrons. The second kappa shape index (κ2) is 6.55. The lowest BCUT2D eigenvalue weighted by atomic mass is 9.83. The van der Waals surface area contributed by atoms with Gasteiger partial charge in [-0.1, -0.05) is 30.9 Å². The predicted molar refractivity (Wildman–Crippen MR) is 83.5 cm³/mol. The van der Waals surface area contributed by atoms with E-state index in [1.807, 2.05) is 0 Å². The fourth-order valence-corrected chi connectivity index (χ4v) is 3.81. The normalized spacial score (nSPS) is 15.6. The van der Waals surface area contributed by atoms with Crippen LogP contribution < -0.4 is 5.32 Å². The third kappa shape index (κ3) is 4.11. The molecule has 21 heavy (non-hydrogen) atoms. The quantitative estimate of drug-likeness (QED) is 0.827. The molecule has 0 spiro atoms. The molecule has 0 bridgehead atoms. The summed E-state index contributed by atoms with van der Waals surface area (Å²) in [5.41, 5.74) is 0.552. The Bertz CT molecular complexity index is 654. The minimum atomic E-state index is -3.93. The minimum Gasteiger partial charge on any atom is -0.352 e. The Morgan fingerprint density at radius 1 is 1.38 bits per heavy atom. The van der Waals surface area contributed by atoms with Crippen molar-refractivity contribution in [2.75, 3.05) is 6.54 Å². The van der Waals surface area contributed by atoms with Crippen LogP contribution >= 0.6 is 22.3 Å². The summed E-state index contributed by atoms with van der Waals surface area (Å²) in [4.78, 5) is 11.9. The first-order valence-electron chi connectivity index (χ1n) is 6.82. The highest BCUT2D eigenvalue weighted by atomic mass is 35.7. The van der Waals surface area contributed by atoms with E-state index in [0.29, 0.717) is 18.0 Å². The molecule has 1 aliphatic rings. The Labute approximate surface area is 134 Å². The van der Waals surface area contributed by atoms with Crippen molar-refractivity contribution in [1.29, 1.82) is 0 Å². The molecule has 0 atom stereocenters. The summed E-state index contributed by atoms with van der Waals surface area (Å²) in [5, 5.41) is 3.00. The number of halogens is 2. The van der Waals surface area contributed by atoms with Crippen molar-refractivity contribution in [2.24, 2.45) is 5.92 Å². The van der Waals surface area contributed by atoms with E-state index in [2.05, 4.69) is 5.32 Å². The fraction of sp³-hybridized carbons (Fsp3) is 0.500. The zero-order valence-corrected chi connectivity index (χ0v) is 14.0.